The molecule has 2 aliphatic heterocycles. The van der Waals surface area contributed by atoms with E-state index in [1.807, 2.05) is 26.0 Å². The maximum Gasteiger partial charge on any atom is 0.163 e. The van der Waals surface area contributed by atoms with Crippen LogP contribution in [-0.2, 0) is 18.6 Å². The maximum atomic E-state index is 11.3. The molecule has 0 aromatic carbocycles. The molecule has 140 valence electrons. The summed E-state index contributed by atoms with van der Waals surface area (Å²) in [6, 6.07) is 6.41. The van der Waals surface area contributed by atoms with E-state index in [-0.39, 0.29) is 0 Å². The Balaban J connectivity index is 1.67. The Kier molecular flexibility index (Phi) is 3.81. The summed E-state index contributed by atoms with van der Waals surface area (Å²) in [5, 5.41) is 21.3. The minimum absolute atomic E-state index is 0.466. The summed E-state index contributed by atoms with van der Waals surface area (Å²) in [6.07, 6.45) is 6.91. The highest BCUT2D eigenvalue weighted by molar-refractivity contribution is 5.83. The minimum atomic E-state index is -0.998. The standard InChI is InChI=1S/C21H25N5O/c1-14-12-16-19-17-4-3-10-25(17)11-7-18(19)26(20(16)24-23-14)13-21(2,27)15-5-8-22-9-6-15/h5-6,8-9,12,17,27H,3-4,7,10-11,13H2,1-2H3. The van der Waals surface area contributed by atoms with Gasteiger partial charge in [0.15, 0.2) is 5.65 Å². The van der Waals surface area contributed by atoms with Gasteiger partial charge in [-0.3, -0.25) is 9.88 Å². The van der Waals surface area contributed by atoms with Gasteiger partial charge in [-0.15, -0.1) is 5.10 Å². The minimum Gasteiger partial charge on any atom is -0.384 e. The van der Waals surface area contributed by atoms with Crippen LogP contribution in [0.4, 0.5) is 0 Å². The van der Waals surface area contributed by atoms with Crippen LogP contribution < -0.4 is 0 Å². The van der Waals surface area contributed by atoms with Crippen molar-refractivity contribution in [3.05, 3.63) is 53.1 Å². The van der Waals surface area contributed by atoms with Gasteiger partial charge in [-0.1, -0.05) is 0 Å². The van der Waals surface area contributed by atoms with Gasteiger partial charge < -0.3 is 9.67 Å². The molecule has 0 aliphatic carbocycles. The molecular weight excluding hydrogens is 338 g/mol. The smallest absolute Gasteiger partial charge is 0.163 e. The summed E-state index contributed by atoms with van der Waals surface area (Å²) in [4.78, 5) is 6.68. The first-order valence-electron chi connectivity index (χ1n) is 9.77. The molecule has 0 spiro atoms. The van der Waals surface area contributed by atoms with Gasteiger partial charge in [-0.05, 0) is 62.6 Å². The molecule has 6 heteroatoms. The van der Waals surface area contributed by atoms with E-state index in [4.69, 9.17) is 0 Å². The Hall–Kier alpha value is -2.31. The van der Waals surface area contributed by atoms with Gasteiger partial charge in [-0.2, -0.15) is 5.10 Å². The quantitative estimate of drug-likeness (QED) is 0.775. The van der Waals surface area contributed by atoms with Gasteiger partial charge in [-0.25, -0.2) is 0 Å². The van der Waals surface area contributed by atoms with E-state index in [2.05, 4.69) is 30.7 Å². The number of pyridine rings is 1. The Bertz CT molecular complexity index is 995. The lowest BCUT2D eigenvalue weighted by atomic mass is 9.95. The second-order valence-electron chi connectivity index (χ2n) is 8.12. The Morgan fingerprint density at radius 3 is 2.85 bits per heavy atom. The summed E-state index contributed by atoms with van der Waals surface area (Å²) in [5.74, 6) is 0. The zero-order valence-corrected chi connectivity index (χ0v) is 15.9. The number of fused-ring (bicyclic) bond motifs is 5. The average molecular weight is 363 g/mol. The van der Waals surface area contributed by atoms with E-state index in [1.54, 1.807) is 12.4 Å². The Morgan fingerprint density at radius 2 is 2.04 bits per heavy atom. The van der Waals surface area contributed by atoms with Crippen LogP contribution >= 0.6 is 0 Å². The molecule has 2 aliphatic rings. The zero-order valence-electron chi connectivity index (χ0n) is 15.9. The molecule has 5 rings (SSSR count). The Labute approximate surface area is 158 Å². The largest absolute Gasteiger partial charge is 0.384 e. The molecule has 1 fully saturated rings. The van der Waals surface area contributed by atoms with Crippen LogP contribution in [0.3, 0.4) is 0 Å². The number of aryl methyl sites for hydroxylation is 1. The first-order chi connectivity index (χ1) is 13.0. The number of nitrogens with zero attached hydrogens (tertiary/aromatic N) is 5. The molecular formula is C21H25N5O. The van der Waals surface area contributed by atoms with Crippen molar-refractivity contribution in [2.24, 2.45) is 0 Å². The lowest BCUT2D eigenvalue weighted by Gasteiger charge is -2.32. The third kappa shape index (κ3) is 2.66. The summed E-state index contributed by atoms with van der Waals surface area (Å²) in [7, 11) is 0. The maximum absolute atomic E-state index is 11.3. The van der Waals surface area contributed by atoms with Crippen molar-refractivity contribution < 1.29 is 5.11 Å². The van der Waals surface area contributed by atoms with Crippen LogP contribution in [0, 0.1) is 6.92 Å². The highest BCUT2D eigenvalue weighted by Gasteiger charge is 2.37. The van der Waals surface area contributed by atoms with E-state index in [0.717, 1.165) is 29.9 Å². The van der Waals surface area contributed by atoms with Crippen LogP contribution in [0.1, 0.15) is 48.3 Å². The topological polar surface area (TPSA) is 67.1 Å². The van der Waals surface area contributed by atoms with E-state index in [9.17, 15) is 5.11 Å². The van der Waals surface area contributed by atoms with Crippen molar-refractivity contribution >= 4 is 11.0 Å². The lowest BCUT2D eigenvalue weighted by molar-refractivity contribution is 0.0381. The molecule has 27 heavy (non-hydrogen) atoms. The van der Waals surface area contributed by atoms with Crippen molar-refractivity contribution in [3.8, 4) is 0 Å². The second kappa shape index (κ2) is 6.11. The molecule has 3 aromatic heterocycles. The van der Waals surface area contributed by atoms with Crippen LogP contribution in [-0.4, -0.2) is 42.8 Å². The molecule has 6 nitrogen and oxygen atoms in total. The molecule has 5 heterocycles. The molecule has 1 N–H and O–H groups in total. The summed E-state index contributed by atoms with van der Waals surface area (Å²) in [5.41, 5.74) is 4.44. The molecule has 2 atom stereocenters. The predicted molar refractivity (Wildman–Crippen MR) is 103 cm³/mol. The van der Waals surface area contributed by atoms with E-state index < -0.39 is 5.60 Å². The lowest BCUT2D eigenvalue weighted by Crippen LogP contribution is -2.33. The van der Waals surface area contributed by atoms with Crippen molar-refractivity contribution in [3.63, 3.8) is 0 Å². The van der Waals surface area contributed by atoms with Crippen molar-refractivity contribution in [2.75, 3.05) is 13.1 Å². The average Bonchev–Trinajstić information content (AvgIpc) is 3.25. The first-order valence-corrected chi connectivity index (χ1v) is 9.77. The fourth-order valence-electron chi connectivity index (χ4n) is 4.90. The normalized spacial score (nSPS) is 21.8. The number of rotatable bonds is 3. The van der Waals surface area contributed by atoms with Gasteiger partial charge in [0.2, 0.25) is 0 Å². The van der Waals surface area contributed by atoms with Crippen LogP contribution in [0.25, 0.3) is 11.0 Å². The van der Waals surface area contributed by atoms with Gasteiger partial charge in [0.1, 0.15) is 5.60 Å². The van der Waals surface area contributed by atoms with Crippen LogP contribution in [0.15, 0.2) is 30.6 Å². The predicted octanol–water partition coefficient (Wildman–Crippen LogP) is 2.74. The number of hydrogen-bond acceptors (Lipinski definition) is 5. The number of aromatic nitrogens is 4. The SMILES string of the molecule is Cc1cc2c3c(n(CC(C)(O)c4ccncc4)c2nn1)CCN1CCCC31. The molecule has 3 aromatic rings. The molecule has 0 amide bonds. The van der Waals surface area contributed by atoms with Crippen molar-refractivity contribution in [2.45, 2.75) is 51.3 Å². The highest BCUT2D eigenvalue weighted by atomic mass is 16.3. The molecule has 0 saturated carbocycles. The van der Waals surface area contributed by atoms with Gasteiger partial charge in [0, 0.05) is 42.5 Å². The third-order valence-corrected chi connectivity index (χ3v) is 6.18. The van der Waals surface area contributed by atoms with Gasteiger partial charge in [0.25, 0.3) is 0 Å². The van der Waals surface area contributed by atoms with Crippen LogP contribution in [0.5, 0.6) is 0 Å². The summed E-state index contributed by atoms with van der Waals surface area (Å²) < 4.78 is 2.22. The molecule has 0 radical (unpaired) electrons. The van der Waals surface area contributed by atoms with E-state index in [0.29, 0.717) is 12.6 Å². The monoisotopic (exact) mass is 363 g/mol. The fraction of sp³-hybridized carbons (Fsp3) is 0.476. The van der Waals surface area contributed by atoms with E-state index >= 15 is 0 Å². The fourth-order valence-corrected chi connectivity index (χ4v) is 4.90. The molecule has 0 bridgehead atoms. The first kappa shape index (κ1) is 16.8. The van der Waals surface area contributed by atoms with Crippen molar-refractivity contribution in [1.82, 2.24) is 24.6 Å². The molecule has 2 unspecified atom stereocenters. The van der Waals surface area contributed by atoms with E-state index in [1.165, 1.54) is 36.0 Å². The molecule has 1 saturated heterocycles. The summed E-state index contributed by atoms with van der Waals surface area (Å²) >= 11 is 0. The zero-order chi connectivity index (χ0) is 18.6. The van der Waals surface area contributed by atoms with Gasteiger partial charge in [0.05, 0.1) is 12.2 Å². The Morgan fingerprint density at radius 1 is 1.22 bits per heavy atom. The second-order valence-corrected chi connectivity index (χ2v) is 8.12. The summed E-state index contributed by atoms with van der Waals surface area (Å²) in [6.45, 7) is 6.60. The van der Waals surface area contributed by atoms with Crippen molar-refractivity contribution in [1.29, 1.82) is 0 Å². The van der Waals surface area contributed by atoms with Crippen LogP contribution in [0.2, 0.25) is 0 Å². The van der Waals surface area contributed by atoms with Gasteiger partial charge >= 0.3 is 0 Å². The number of hydrogen-bond donors (Lipinski definition) is 1. The third-order valence-electron chi connectivity index (χ3n) is 6.18. The number of aliphatic hydroxyl groups is 1. The highest BCUT2D eigenvalue weighted by Crippen LogP contribution is 2.43.